The van der Waals surface area contributed by atoms with Gasteiger partial charge in [0.15, 0.2) is 0 Å². The van der Waals surface area contributed by atoms with Crippen LogP contribution < -0.4 is 10.6 Å². The molecule has 2 aromatic heterocycles. The largest absolute Gasteiger partial charge is 0.324 e. The summed E-state index contributed by atoms with van der Waals surface area (Å²) >= 11 is 5.95. The Hall–Kier alpha value is -2.99. The molecule has 1 aromatic carbocycles. The number of nitrogens with one attached hydrogen (secondary N) is 2. The Kier molecular flexibility index (Phi) is 4.44. The van der Waals surface area contributed by atoms with Crippen molar-refractivity contribution in [1.29, 1.82) is 0 Å². The van der Waals surface area contributed by atoms with Gasteiger partial charge in [0.1, 0.15) is 0 Å². The van der Waals surface area contributed by atoms with E-state index >= 15 is 0 Å². The van der Waals surface area contributed by atoms with Gasteiger partial charge in [-0.15, -0.1) is 0 Å². The minimum Gasteiger partial charge on any atom is -0.324 e. The molecule has 0 saturated carbocycles. The number of hydrogen-bond donors (Lipinski definition) is 2. The lowest BCUT2D eigenvalue weighted by molar-refractivity contribution is 0.102. The Morgan fingerprint density at radius 2 is 1.74 bits per heavy atom. The maximum atomic E-state index is 12.1. The summed E-state index contributed by atoms with van der Waals surface area (Å²) in [6.45, 7) is 0. The Labute approximate surface area is 137 Å². The predicted octanol–water partition coefficient (Wildman–Crippen LogP) is 3.52. The summed E-state index contributed by atoms with van der Waals surface area (Å²) in [4.78, 5) is 24.3. The quantitative estimate of drug-likeness (QED) is 0.767. The summed E-state index contributed by atoms with van der Waals surface area (Å²) in [5, 5.41) is 6.09. The Balaban J connectivity index is 1.69. The van der Waals surface area contributed by atoms with Crippen LogP contribution in [0.15, 0.2) is 61.2 Å². The summed E-state index contributed by atoms with van der Waals surface area (Å²) in [5.41, 5.74) is 1.68. The third-order valence-corrected chi connectivity index (χ3v) is 3.27. The third-order valence-electron chi connectivity index (χ3n) is 2.96. The second-order valence-corrected chi connectivity index (χ2v) is 5.00. The monoisotopic (exact) mass is 325 g/mol. The predicted molar refractivity (Wildman–Crippen MR) is 89.0 cm³/mol. The molecule has 1 amide bonds. The smallest absolute Gasteiger partial charge is 0.258 e. The first-order valence-electron chi connectivity index (χ1n) is 6.77. The Morgan fingerprint density at radius 3 is 2.43 bits per heavy atom. The molecule has 0 unspecified atom stereocenters. The summed E-state index contributed by atoms with van der Waals surface area (Å²) in [6, 6.07) is 11.1. The molecular weight excluding hydrogens is 314 g/mol. The van der Waals surface area contributed by atoms with Crippen molar-refractivity contribution >= 4 is 34.8 Å². The number of carbonyl (C=O) groups excluding carboxylic acids is 1. The van der Waals surface area contributed by atoms with E-state index in [0.29, 0.717) is 22.2 Å². The number of benzene rings is 1. The average Bonchev–Trinajstić information content (AvgIpc) is 2.58. The molecule has 114 valence electrons. The maximum absolute atomic E-state index is 12.1. The number of aromatic nitrogens is 3. The van der Waals surface area contributed by atoms with E-state index in [2.05, 4.69) is 25.6 Å². The van der Waals surface area contributed by atoms with Gasteiger partial charge in [0.2, 0.25) is 5.95 Å². The molecule has 0 bridgehead atoms. The van der Waals surface area contributed by atoms with Crippen molar-refractivity contribution in [2.45, 2.75) is 0 Å². The Bertz CT molecular complexity index is 808. The van der Waals surface area contributed by atoms with Crippen LogP contribution in [-0.4, -0.2) is 20.9 Å². The molecule has 0 aliphatic rings. The molecule has 0 spiro atoms. The van der Waals surface area contributed by atoms with Crippen molar-refractivity contribution in [3.05, 3.63) is 71.8 Å². The highest BCUT2D eigenvalue weighted by Gasteiger charge is 2.09. The number of nitrogens with zero attached hydrogens (tertiary/aromatic N) is 3. The van der Waals surface area contributed by atoms with Crippen LogP contribution >= 0.6 is 11.6 Å². The molecule has 0 aliphatic heterocycles. The fourth-order valence-electron chi connectivity index (χ4n) is 1.83. The molecule has 3 aromatic rings. The van der Waals surface area contributed by atoms with Crippen LogP contribution in [0.1, 0.15) is 10.4 Å². The summed E-state index contributed by atoms with van der Waals surface area (Å²) < 4.78 is 0. The van der Waals surface area contributed by atoms with E-state index in [-0.39, 0.29) is 5.91 Å². The van der Waals surface area contributed by atoms with Crippen molar-refractivity contribution in [1.82, 2.24) is 15.0 Å². The zero-order valence-electron chi connectivity index (χ0n) is 11.9. The van der Waals surface area contributed by atoms with Gasteiger partial charge in [-0.25, -0.2) is 9.97 Å². The number of anilines is 3. The molecule has 2 N–H and O–H groups in total. The summed E-state index contributed by atoms with van der Waals surface area (Å²) in [7, 11) is 0. The first-order chi connectivity index (χ1) is 11.2. The van der Waals surface area contributed by atoms with Crippen LogP contribution in [-0.2, 0) is 0 Å². The van der Waals surface area contributed by atoms with Gasteiger partial charge in [-0.3, -0.25) is 9.78 Å². The van der Waals surface area contributed by atoms with E-state index in [1.165, 1.54) is 18.6 Å². The van der Waals surface area contributed by atoms with Gasteiger partial charge in [0.25, 0.3) is 5.91 Å². The highest BCUT2D eigenvalue weighted by Crippen LogP contribution is 2.20. The number of pyridine rings is 1. The number of para-hydroxylation sites is 1. The zero-order chi connectivity index (χ0) is 16.1. The van der Waals surface area contributed by atoms with Crippen LogP contribution in [0.2, 0.25) is 5.02 Å². The third kappa shape index (κ3) is 3.81. The lowest BCUT2D eigenvalue weighted by Crippen LogP contribution is -2.13. The van der Waals surface area contributed by atoms with E-state index in [4.69, 9.17) is 11.6 Å². The topological polar surface area (TPSA) is 79.8 Å². The second-order valence-electron chi connectivity index (χ2n) is 4.60. The summed E-state index contributed by atoms with van der Waals surface area (Å²) in [6.07, 6.45) is 5.90. The number of hydrogen-bond acceptors (Lipinski definition) is 5. The first-order valence-corrected chi connectivity index (χ1v) is 7.15. The van der Waals surface area contributed by atoms with Crippen molar-refractivity contribution in [2.24, 2.45) is 0 Å². The molecule has 7 heteroatoms. The molecule has 2 heterocycles. The Morgan fingerprint density at radius 1 is 1.00 bits per heavy atom. The van der Waals surface area contributed by atoms with E-state index < -0.39 is 0 Å². The van der Waals surface area contributed by atoms with Crippen LogP contribution in [0.3, 0.4) is 0 Å². The molecule has 0 fully saturated rings. The van der Waals surface area contributed by atoms with Gasteiger partial charge < -0.3 is 10.6 Å². The van der Waals surface area contributed by atoms with Gasteiger partial charge in [0, 0.05) is 30.5 Å². The maximum Gasteiger partial charge on any atom is 0.258 e. The standard InChI is InChI=1S/C16H12ClN5O/c17-13-10-18-7-6-14(13)22-15(23)11-8-19-16(20-9-11)21-12-4-2-1-3-5-12/h1-10H,(H,18,22,23)(H,19,20,21). The number of carbonyl (C=O) groups is 1. The van der Waals surface area contributed by atoms with Crippen LogP contribution in [0.4, 0.5) is 17.3 Å². The van der Waals surface area contributed by atoms with Crippen molar-refractivity contribution < 1.29 is 4.79 Å². The SMILES string of the molecule is O=C(Nc1ccncc1Cl)c1cnc(Nc2ccccc2)nc1. The number of amides is 1. The van der Waals surface area contributed by atoms with E-state index in [1.807, 2.05) is 30.3 Å². The first kappa shape index (κ1) is 14.9. The van der Waals surface area contributed by atoms with Crippen LogP contribution in [0.25, 0.3) is 0 Å². The molecule has 6 nitrogen and oxygen atoms in total. The zero-order valence-corrected chi connectivity index (χ0v) is 12.7. The van der Waals surface area contributed by atoms with Crippen LogP contribution in [0.5, 0.6) is 0 Å². The highest BCUT2D eigenvalue weighted by molar-refractivity contribution is 6.33. The van der Waals surface area contributed by atoms with Crippen molar-refractivity contribution in [2.75, 3.05) is 10.6 Å². The van der Waals surface area contributed by atoms with E-state index in [1.54, 1.807) is 12.3 Å². The molecule has 0 aliphatic carbocycles. The number of rotatable bonds is 4. The minimum absolute atomic E-state index is 0.330. The molecule has 23 heavy (non-hydrogen) atoms. The van der Waals surface area contributed by atoms with Gasteiger partial charge in [-0.2, -0.15) is 0 Å². The van der Waals surface area contributed by atoms with Crippen molar-refractivity contribution in [3.63, 3.8) is 0 Å². The lowest BCUT2D eigenvalue weighted by Gasteiger charge is -2.07. The lowest BCUT2D eigenvalue weighted by atomic mass is 10.3. The molecule has 3 rings (SSSR count). The van der Waals surface area contributed by atoms with Gasteiger partial charge in [0.05, 0.1) is 16.3 Å². The fraction of sp³-hybridized carbons (Fsp3) is 0. The fourth-order valence-corrected chi connectivity index (χ4v) is 2.00. The number of halogens is 1. The van der Waals surface area contributed by atoms with Gasteiger partial charge >= 0.3 is 0 Å². The second kappa shape index (κ2) is 6.85. The average molecular weight is 326 g/mol. The molecule has 0 saturated heterocycles. The van der Waals surface area contributed by atoms with Gasteiger partial charge in [-0.05, 0) is 18.2 Å². The van der Waals surface area contributed by atoms with E-state index in [0.717, 1.165) is 5.69 Å². The molecule has 0 atom stereocenters. The molecular formula is C16H12ClN5O. The summed E-state index contributed by atoms with van der Waals surface area (Å²) in [5.74, 6) is 0.0686. The van der Waals surface area contributed by atoms with Crippen molar-refractivity contribution in [3.8, 4) is 0 Å². The minimum atomic E-state index is -0.343. The highest BCUT2D eigenvalue weighted by atomic mass is 35.5. The van der Waals surface area contributed by atoms with Crippen LogP contribution in [0, 0.1) is 0 Å². The van der Waals surface area contributed by atoms with E-state index in [9.17, 15) is 4.79 Å². The van der Waals surface area contributed by atoms with Gasteiger partial charge in [-0.1, -0.05) is 29.8 Å². The molecule has 0 radical (unpaired) electrons. The normalized spacial score (nSPS) is 10.1.